The molecule has 4 amide bonds. The Morgan fingerprint density at radius 2 is 1.55 bits per heavy atom. The Morgan fingerprint density at radius 1 is 0.915 bits per heavy atom. The molecule has 4 aliphatic rings. The number of halogens is 2. The van der Waals surface area contributed by atoms with Gasteiger partial charge in [-0.15, -0.1) is 0 Å². The number of carbonyl (C=O) groups excluding carboxylic acids is 3. The molecule has 1 aliphatic carbocycles. The summed E-state index contributed by atoms with van der Waals surface area (Å²) in [6.07, 6.45) is 8.20. The summed E-state index contributed by atoms with van der Waals surface area (Å²) < 4.78 is 6.06. The topological polar surface area (TPSA) is 106 Å². The molecule has 2 saturated heterocycles. The van der Waals surface area contributed by atoms with Gasteiger partial charge < -0.3 is 29.9 Å². The Hall–Kier alpha value is -2.83. The van der Waals surface area contributed by atoms with Gasteiger partial charge in [0.1, 0.15) is 5.75 Å². The van der Waals surface area contributed by atoms with Crippen molar-refractivity contribution in [3.63, 3.8) is 0 Å². The van der Waals surface area contributed by atoms with Gasteiger partial charge in [-0.1, -0.05) is 38.0 Å². The molecule has 1 saturated carbocycles. The van der Waals surface area contributed by atoms with Crippen LogP contribution in [0.25, 0.3) is 0 Å². The van der Waals surface area contributed by atoms with E-state index in [1.54, 1.807) is 4.90 Å². The summed E-state index contributed by atoms with van der Waals surface area (Å²) >= 11 is 6.72. The average Bonchev–Trinajstić information content (AvgIpc) is 3.57. The van der Waals surface area contributed by atoms with E-state index in [1.165, 1.54) is 38.4 Å². The van der Waals surface area contributed by atoms with E-state index < -0.39 is 0 Å². The summed E-state index contributed by atoms with van der Waals surface area (Å²) in [5.41, 5.74) is 3.12. The van der Waals surface area contributed by atoms with E-state index in [-0.39, 0.29) is 35.7 Å². The van der Waals surface area contributed by atoms with Crippen molar-refractivity contribution in [2.75, 3.05) is 58.2 Å². The van der Waals surface area contributed by atoms with E-state index in [2.05, 4.69) is 48.1 Å². The summed E-state index contributed by atoms with van der Waals surface area (Å²) in [5.74, 6) is 0.388. The zero-order valence-electron chi connectivity index (χ0n) is 27.4. The number of rotatable bonds is 5. The minimum atomic E-state index is -0.286. The number of amides is 4. The van der Waals surface area contributed by atoms with Crippen LogP contribution in [-0.4, -0.2) is 108 Å². The van der Waals surface area contributed by atoms with E-state index in [4.69, 9.17) is 4.74 Å². The molecule has 0 bridgehead atoms. The number of piperazine rings is 1. The molecule has 0 radical (unpaired) electrons. The number of ether oxygens (including phenoxy) is 1. The molecule has 2 aromatic rings. The monoisotopic (exact) mass is 775 g/mol. The first-order valence-electron chi connectivity index (χ1n) is 16.8. The van der Waals surface area contributed by atoms with E-state index in [0.29, 0.717) is 35.0 Å². The van der Waals surface area contributed by atoms with Crippen molar-refractivity contribution in [2.45, 2.75) is 70.4 Å². The van der Waals surface area contributed by atoms with Gasteiger partial charge in [0.25, 0.3) is 0 Å². The van der Waals surface area contributed by atoms with Gasteiger partial charge in [-0.25, -0.2) is 9.59 Å². The van der Waals surface area contributed by atoms with Crippen LogP contribution in [0.1, 0.15) is 56.6 Å². The van der Waals surface area contributed by atoms with Crippen LogP contribution in [0.5, 0.6) is 5.75 Å². The van der Waals surface area contributed by atoms with Crippen LogP contribution in [0.2, 0.25) is 0 Å². The molecule has 256 valence electrons. The number of phenolic OH excluding ortho intramolecular Hbond substituents is 1. The number of phenols is 1. The van der Waals surface area contributed by atoms with E-state index in [0.717, 1.165) is 62.7 Å². The molecule has 6 rings (SSSR count). The highest BCUT2D eigenvalue weighted by molar-refractivity contribution is 9.11. The highest BCUT2D eigenvalue weighted by atomic mass is 79.9. The van der Waals surface area contributed by atoms with E-state index in [1.807, 2.05) is 47.1 Å². The predicted octanol–water partition coefficient (Wildman–Crippen LogP) is 6.49. The van der Waals surface area contributed by atoms with Crippen molar-refractivity contribution < 1.29 is 24.2 Å². The lowest BCUT2D eigenvalue weighted by Gasteiger charge is -2.39. The lowest BCUT2D eigenvalue weighted by atomic mass is 9.99. The Bertz CT molecular complexity index is 1380. The number of fused-ring (bicyclic) bond motifs is 1. The van der Waals surface area contributed by atoms with Gasteiger partial charge in [0.05, 0.1) is 16.1 Å². The van der Waals surface area contributed by atoms with Gasteiger partial charge in [0.15, 0.2) is 0 Å². The van der Waals surface area contributed by atoms with Crippen molar-refractivity contribution in [2.24, 2.45) is 5.92 Å². The SMILES string of the molecule is COC(=O)N1CCC(N2CCc3ccccc3NC2=O)CC1.C[C@H](Cc1cc(Br)c(O)c(Br)c1)C(=O)N1CCN(C2CCCC2)CC1. The van der Waals surface area contributed by atoms with Crippen molar-refractivity contribution in [1.82, 2.24) is 19.6 Å². The highest BCUT2D eigenvalue weighted by Crippen LogP contribution is 2.34. The largest absolute Gasteiger partial charge is 0.506 e. The third-order valence-electron chi connectivity index (χ3n) is 9.99. The second kappa shape index (κ2) is 16.5. The quantitative estimate of drug-likeness (QED) is 0.360. The first kappa shape index (κ1) is 35.5. The maximum absolute atomic E-state index is 12.8. The molecule has 2 aromatic carbocycles. The molecule has 1 atom stereocenters. The number of urea groups is 1. The number of nitrogens with one attached hydrogen (secondary N) is 1. The number of hydrogen-bond acceptors (Lipinski definition) is 6. The Morgan fingerprint density at radius 3 is 2.19 bits per heavy atom. The Kier molecular flexibility index (Phi) is 12.5. The Labute approximate surface area is 295 Å². The number of anilines is 1. The fourth-order valence-corrected chi connectivity index (χ4v) is 8.57. The third-order valence-corrected chi connectivity index (χ3v) is 11.2. The molecule has 47 heavy (non-hydrogen) atoms. The molecule has 12 heteroatoms. The molecule has 3 heterocycles. The number of methoxy groups -OCH3 is 1. The third kappa shape index (κ3) is 9.00. The number of benzene rings is 2. The normalized spacial score (nSPS) is 20.1. The molecular formula is C35H47Br2N5O5. The molecule has 3 aliphatic heterocycles. The number of piperidine rings is 1. The van der Waals surface area contributed by atoms with Crippen LogP contribution < -0.4 is 5.32 Å². The molecule has 0 unspecified atom stereocenters. The summed E-state index contributed by atoms with van der Waals surface area (Å²) in [7, 11) is 1.40. The highest BCUT2D eigenvalue weighted by Gasteiger charge is 2.32. The first-order valence-corrected chi connectivity index (χ1v) is 18.4. The number of aromatic hydroxyl groups is 1. The van der Waals surface area contributed by atoms with Gasteiger partial charge in [0.2, 0.25) is 5.91 Å². The van der Waals surface area contributed by atoms with Crippen LogP contribution in [0.3, 0.4) is 0 Å². The van der Waals surface area contributed by atoms with Gasteiger partial charge in [0, 0.05) is 69.5 Å². The second-order valence-electron chi connectivity index (χ2n) is 13.0. The zero-order chi connectivity index (χ0) is 33.5. The molecule has 3 fully saturated rings. The number of nitrogens with zero attached hydrogens (tertiary/aromatic N) is 4. The maximum atomic E-state index is 12.8. The summed E-state index contributed by atoms with van der Waals surface area (Å²) in [5, 5.41) is 12.8. The maximum Gasteiger partial charge on any atom is 0.409 e. The zero-order valence-corrected chi connectivity index (χ0v) is 30.6. The van der Waals surface area contributed by atoms with E-state index in [9.17, 15) is 19.5 Å². The lowest BCUT2D eigenvalue weighted by Crippen LogP contribution is -2.52. The molecule has 0 aromatic heterocycles. The summed E-state index contributed by atoms with van der Waals surface area (Å²) in [4.78, 5) is 45.0. The fraction of sp³-hybridized carbons (Fsp3) is 0.571. The molecule has 2 N–H and O–H groups in total. The Balaban J connectivity index is 0.000000186. The minimum absolute atomic E-state index is 0.0403. The van der Waals surface area contributed by atoms with E-state index >= 15 is 0 Å². The fourth-order valence-electron chi connectivity index (χ4n) is 7.29. The van der Waals surface area contributed by atoms with Crippen molar-refractivity contribution in [1.29, 1.82) is 0 Å². The number of hydrogen-bond donors (Lipinski definition) is 2. The van der Waals surface area contributed by atoms with Crippen LogP contribution in [0, 0.1) is 5.92 Å². The van der Waals surface area contributed by atoms with Crippen LogP contribution in [0.15, 0.2) is 45.3 Å². The number of para-hydroxylation sites is 1. The second-order valence-corrected chi connectivity index (χ2v) is 14.7. The molecule has 0 spiro atoms. The van der Waals surface area contributed by atoms with Crippen molar-refractivity contribution >= 4 is 55.6 Å². The van der Waals surface area contributed by atoms with Gasteiger partial charge >= 0.3 is 12.1 Å². The van der Waals surface area contributed by atoms with Gasteiger partial charge in [-0.05, 0) is 99.7 Å². The number of carbonyl (C=O) groups is 3. The minimum Gasteiger partial charge on any atom is -0.506 e. The standard InChI is InChI=1S/C19H26Br2N2O2.C16H21N3O3/c1-13(10-14-11-16(20)18(24)17(21)12-14)19(25)23-8-6-22(7-9-23)15-4-2-3-5-15;1-22-16(21)18-9-7-13(8-10-18)19-11-6-12-4-2-3-5-14(12)17-15(19)20/h11-13,15,24H,2-10H2,1H3;2-5,13H,6-11H2,1H3,(H,17,20)/t13-;/m1./s1. The van der Waals surface area contributed by atoms with Gasteiger partial charge in [-0.3, -0.25) is 9.69 Å². The van der Waals surface area contributed by atoms with Crippen molar-refractivity contribution in [3.8, 4) is 5.75 Å². The average molecular weight is 778 g/mol. The van der Waals surface area contributed by atoms with Crippen LogP contribution in [0.4, 0.5) is 15.3 Å². The van der Waals surface area contributed by atoms with Crippen molar-refractivity contribution in [3.05, 3.63) is 56.5 Å². The molecule has 10 nitrogen and oxygen atoms in total. The lowest BCUT2D eigenvalue weighted by molar-refractivity contribution is -0.137. The number of likely N-dealkylation sites (tertiary alicyclic amines) is 1. The van der Waals surface area contributed by atoms with Crippen LogP contribution >= 0.6 is 31.9 Å². The molecular weight excluding hydrogens is 730 g/mol. The van der Waals surface area contributed by atoms with Crippen LogP contribution in [-0.2, 0) is 22.4 Å². The smallest absolute Gasteiger partial charge is 0.409 e. The van der Waals surface area contributed by atoms with Gasteiger partial charge in [-0.2, -0.15) is 0 Å². The summed E-state index contributed by atoms with van der Waals surface area (Å²) in [6, 6.07) is 12.6. The first-order chi connectivity index (χ1) is 22.6. The predicted molar refractivity (Wildman–Crippen MR) is 190 cm³/mol. The summed E-state index contributed by atoms with van der Waals surface area (Å²) in [6.45, 7) is 7.71.